The van der Waals surface area contributed by atoms with E-state index in [1.165, 1.54) is 16.7 Å². The van der Waals surface area contributed by atoms with E-state index >= 15 is 0 Å². The second kappa shape index (κ2) is 5.85. The molecule has 0 amide bonds. The highest BCUT2D eigenvalue weighted by Crippen LogP contribution is 2.08. The summed E-state index contributed by atoms with van der Waals surface area (Å²) in [6.07, 6.45) is 0. The third-order valence-corrected chi connectivity index (χ3v) is 3.17. The van der Waals surface area contributed by atoms with Gasteiger partial charge in [0.05, 0.1) is 0 Å². The zero-order chi connectivity index (χ0) is 12.1. The molecule has 0 fully saturated rings. The topological polar surface area (TPSA) is 16.6 Å². The molecule has 0 radical (unpaired) electrons. The van der Waals surface area contributed by atoms with E-state index in [1.54, 1.807) is 0 Å². The third kappa shape index (κ3) is 3.58. The molecule has 0 spiro atoms. The van der Waals surface area contributed by atoms with Crippen molar-refractivity contribution in [1.82, 2.24) is 0 Å². The van der Waals surface area contributed by atoms with Gasteiger partial charge >= 0.3 is 0 Å². The summed E-state index contributed by atoms with van der Waals surface area (Å²) in [4.78, 5) is 0. The summed E-state index contributed by atoms with van der Waals surface area (Å²) in [5, 5.41) is 3.11. The molecule has 0 atom stereocenters. The summed E-state index contributed by atoms with van der Waals surface area (Å²) in [5.74, 6) is 0. The Labute approximate surface area is 107 Å². The Hall–Kier alpha value is -1.31. The van der Waals surface area contributed by atoms with Gasteiger partial charge in [-0.15, -0.1) is 0 Å². The van der Waals surface area contributed by atoms with Gasteiger partial charge in [-0.25, -0.2) is 0 Å². The molecule has 2 aromatic carbocycles. The van der Waals surface area contributed by atoms with E-state index in [2.05, 4.69) is 48.6 Å². The summed E-state index contributed by atoms with van der Waals surface area (Å²) < 4.78 is 0. The van der Waals surface area contributed by atoms with E-state index in [-0.39, 0.29) is 0 Å². The number of hydrogen-bond donors (Lipinski definition) is 1. The molecule has 1 nitrogen and oxygen atoms in total. The highest BCUT2D eigenvalue weighted by atomic mass is 35.5. The van der Waals surface area contributed by atoms with Gasteiger partial charge in [-0.2, -0.15) is 0 Å². The predicted octanol–water partition coefficient (Wildman–Crippen LogP) is 2.91. The summed E-state index contributed by atoms with van der Waals surface area (Å²) in [6, 6.07) is 16.6. The summed E-state index contributed by atoms with van der Waals surface area (Å²) in [5.41, 5.74) is 4.07. The van der Waals surface area contributed by atoms with Crippen molar-refractivity contribution in [3.05, 3.63) is 70.2 Å². The molecule has 0 heterocycles. The molecule has 88 valence electrons. The van der Waals surface area contributed by atoms with Crippen molar-refractivity contribution in [2.75, 3.05) is 0 Å². The van der Waals surface area contributed by atoms with Crippen LogP contribution in [0.5, 0.6) is 0 Å². The van der Waals surface area contributed by atoms with Crippen molar-refractivity contribution in [2.24, 2.45) is 0 Å². The van der Waals surface area contributed by atoms with E-state index in [0.29, 0.717) is 0 Å². The second-order valence-corrected chi connectivity index (χ2v) is 4.69. The molecule has 0 aromatic heterocycles. The quantitative estimate of drug-likeness (QED) is 0.855. The van der Waals surface area contributed by atoms with Crippen LogP contribution in [0.4, 0.5) is 0 Å². The molecular weight excluding hydrogens is 230 g/mol. The zero-order valence-electron chi connectivity index (χ0n) is 9.99. The molecule has 0 bridgehead atoms. The average molecular weight is 247 g/mol. The van der Waals surface area contributed by atoms with Gasteiger partial charge in [-0.05, 0) is 24.6 Å². The molecule has 0 saturated carbocycles. The van der Waals surface area contributed by atoms with Gasteiger partial charge in [0.2, 0.25) is 0 Å². The number of nitrogens with two attached hydrogens (primary N) is 1. The Bertz CT molecular complexity index is 477. The molecule has 2 N–H and O–H groups in total. The second-order valence-electron chi connectivity index (χ2n) is 4.25. The SMILES string of the molecule is Cc1ccccc1C[NH2+]Cc1ccc(Cl)cc1. The highest BCUT2D eigenvalue weighted by molar-refractivity contribution is 6.30. The van der Waals surface area contributed by atoms with Crippen molar-refractivity contribution in [3.63, 3.8) is 0 Å². The van der Waals surface area contributed by atoms with Crippen LogP contribution in [0.2, 0.25) is 5.02 Å². The normalized spacial score (nSPS) is 10.5. The molecule has 0 saturated heterocycles. The summed E-state index contributed by atoms with van der Waals surface area (Å²) in [6.45, 7) is 4.17. The molecular formula is C15H17ClN+. The Kier molecular flexibility index (Phi) is 4.18. The van der Waals surface area contributed by atoms with Crippen molar-refractivity contribution >= 4 is 11.6 Å². The predicted molar refractivity (Wildman–Crippen MR) is 72.0 cm³/mol. The number of benzene rings is 2. The Balaban J connectivity index is 1.88. The first kappa shape index (κ1) is 12.2. The molecule has 2 rings (SSSR count). The zero-order valence-corrected chi connectivity index (χ0v) is 10.7. The molecule has 0 aliphatic rings. The fraction of sp³-hybridized carbons (Fsp3) is 0.200. The van der Waals surface area contributed by atoms with E-state index in [4.69, 9.17) is 11.6 Å². The van der Waals surface area contributed by atoms with Crippen molar-refractivity contribution in [3.8, 4) is 0 Å². The Morgan fingerprint density at radius 2 is 1.65 bits per heavy atom. The number of hydrogen-bond acceptors (Lipinski definition) is 0. The molecule has 0 aliphatic carbocycles. The maximum absolute atomic E-state index is 5.85. The lowest BCUT2D eigenvalue weighted by Crippen LogP contribution is -2.80. The number of quaternary nitrogens is 1. The first-order valence-corrected chi connectivity index (χ1v) is 6.24. The largest absolute Gasteiger partial charge is 0.339 e. The number of aryl methyl sites for hydroxylation is 1. The maximum atomic E-state index is 5.85. The highest BCUT2D eigenvalue weighted by Gasteiger charge is 2.00. The van der Waals surface area contributed by atoms with Crippen molar-refractivity contribution in [2.45, 2.75) is 20.0 Å². The van der Waals surface area contributed by atoms with Crippen LogP contribution < -0.4 is 5.32 Å². The van der Waals surface area contributed by atoms with Gasteiger partial charge in [0.15, 0.2) is 0 Å². The van der Waals surface area contributed by atoms with E-state index in [1.807, 2.05) is 12.1 Å². The lowest BCUT2D eigenvalue weighted by Gasteiger charge is -2.05. The van der Waals surface area contributed by atoms with Gasteiger partial charge in [-0.3, -0.25) is 0 Å². The van der Waals surface area contributed by atoms with Crippen LogP contribution in [-0.2, 0) is 13.1 Å². The van der Waals surface area contributed by atoms with Crippen LogP contribution in [0.15, 0.2) is 48.5 Å². The minimum atomic E-state index is 0.799. The van der Waals surface area contributed by atoms with Gasteiger partial charge < -0.3 is 5.32 Å². The first-order chi connectivity index (χ1) is 8.25. The smallest absolute Gasteiger partial charge is 0.102 e. The van der Waals surface area contributed by atoms with Crippen molar-refractivity contribution in [1.29, 1.82) is 0 Å². The molecule has 2 heteroatoms. The monoisotopic (exact) mass is 246 g/mol. The number of rotatable bonds is 4. The molecule has 0 unspecified atom stereocenters. The number of halogens is 1. The maximum Gasteiger partial charge on any atom is 0.102 e. The fourth-order valence-electron chi connectivity index (χ4n) is 1.85. The minimum Gasteiger partial charge on any atom is -0.339 e. The van der Waals surface area contributed by atoms with Crippen LogP contribution in [0, 0.1) is 6.92 Å². The van der Waals surface area contributed by atoms with Crippen LogP contribution >= 0.6 is 11.6 Å². The Morgan fingerprint density at radius 1 is 0.941 bits per heavy atom. The third-order valence-electron chi connectivity index (χ3n) is 2.92. The van der Waals surface area contributed by atoms with E-state index < -0.39 is 0 Å². The van der Waals surface area contributed by atoms with E-state index in [0.717, 1.165) is 18.1 Å². The van der Waals surface area contributed by atoms with Gasteiger partial charge in [0, 0.05) is 16.1 Å². The standard InChI is InChI=1S/C15H16ClN/c1-12-4-2-3-5-14(12)11-17-10-13-6-8-15(16)9-7-13/h2-9,17H,10-11H2,1H3/p+1. The molecule has 0 aliphatic heterocycles. The summed E-state index contributed by atoms with van der Waals surface area (Å²) >= 11 is 5.85. The van der Waals surface area contributed by atoms with E-state index in [9.17, 15) is 0 Å². The lowest BCUT2D eigenvalue weighted by atomic mass is 10.1. The van der Waals surface area contributed by atoms with Crippen molar-refractivity contribution < 1.29 is 5.32 Å². The first-order valence-electron chi connectivity index (χ1n) is 5.86. The molecule has 17 heavy (non-hydrogen) atoms. The van der Waals surface area contributed by atoms with Crippen LogP contribution in [0.25, 0.3) is 0 Å². The van der Waals surface area contributed by atoms with Crippen LogP contribution in [0.3, 0.4) is 0 Å². The van der Waals surface area contributed by atoms with Gasteiger partial charge in [-0.1, -0.05) is 48.0 Å². The Morgan fingerprint density at radius 3 is 2.35 bits per heavy atom. The van der Waals surface area contributed by atoms with Crippen LogP contribution in [-0.4, -0.2) is 0 Å². The van der Waals surface area contributed by atoms with Gasteiger partial charge in [0.25, 0.3) is 0 Å². The van der Waals surface area contributed by atoms with Gasteiger partial charge in [0.1, 0.15) is 13.1 Å². The minimum absolute atomic E-state index is 0.799. The average Bonchev–Trinajstić information content (AvgIpc) is 2.34. The summed E-state index contributed by atoms with van der Waals surface area (Å²) in [7, 11) is 0. The lowest BCUT2D eigenvalue weighted by molar-refractivity contribution is -0.686. The molecule has 2 aromatic rings. The fourth-order valence-corrected chi connectivity index (χ4v) is 1.98. The van der Waals surface area contributed by atoms with Crippen LogP contribution in [0.1, 0.15) is 16.7 Å².